The first kappa shape index (κ1) is 15.9. The Hall–Kier alpha value is -1.47. The van der Waals surface area contributed by atoms with Crippen LogP contribution in [0.3, 0.4) is 0 Å². The largest absolute Gasteiger partial charge is 0.476 e. The average molecular weight is 416 g/mol. The molecule has 0 saturated carbocycles. The summed E-state index contributed by atoms with van der Waals surface area (Å²) in [6, 6.07) is 5.32. The van der Waals surface area contributed by atoms with Crippen LogP contribution in [-0.4, -0.2) is 21.0 Å². The quantitative estimate of drug-likeness (QED) is 0.788. The van der Waals surface area contributed by atoms with E-state index in [1.165, 1.54) is 6.20 Å². The zero-order valence-corrected chi connectivity index (χ0v) is 14.5. The standard InChI is InChI=1S/C14H12Br2N2O3/c1-7(2)13-17-6-11(12(18-13)14(19)20)21-10-4-3-8(15)5-9(10)16/h3-7H,1-2H3,(H,19,20). The van der Waals surface area contributed by atoms with E-state index in [0.29, 0.717) is 16.0 Å². The van der Waals surface area contributed by atoms with Crippen molar-refractivity contribution < 1.29 is 14.6 Å². The Morgan fingerprint density at radius 1 is 1.29 bits per heavy atom. The molecule has 0 aliphatic heterocycles. The van der Waals surface area contributed by atoms with Gasteiger partial charge in [0.2, 0.25) is 0 Å². The van der Waals surface area contributed by atoms with Gasteiger partial charge in [-0.3, -0.25) is 0 Å². The number of carboxylic acids is 1. The first-order chi connectivity index (χ1) is 9.88. The molecule has 5 nitrogen and oxygen atoms in total. The van der Waals surface area contributed by atoms with Crippen molar-refractivity contribution in [2.75, 3.05) is 0 Å². The normalized spacial score (nSPS) is 10.7. The van der Waals surface area contributed by atoms with E-state index in [4.69, 9.17) is 4.74 Å². The van der Waals surface area contributed by atoms with Gasteiger partial charge in [-0.2, -0.15) is 0 Å². The minimum Gasteiger partial charge on any atom is -0.476 e. The number of rotatable bonds is 4. The summed E-state index contributed by atoms with van der Waals surface area (Å²) in [6.45, 7) is 3.79. The van der Waals surface area contributed by atoms with Crippen LogP contribution in [0.1, 0.15) is 36.1 Å². The minimum atomic E-state index is -1.15. The molecule has 0 spiro atoms. The molecular weight excluding hydrogens is 404 g/mol. The summed E-state index contributed by atoms with van der Waals surface area (Å²) < 4.78 is 7.19. The third-order valence-corrected chi connectivity index (χ3v) is 3.72. The first-order valence-corrected chi connectivity index (χ1v) is 7.70. The number of aromatic carboxylic acids is 1. The highest BCUT2D eigenvalue weighted by molar-refractivity contribution is 9.11. The van der Waals surface area contributed by atoms with E-state index in [0.717, 1.165) is 4.47 Å². The molecule has 1 aromatic carbocycles. The van der Waals surface area contributed by atoms with Crippen molar-refractivity contribution in [2.45, 2.75) is 19.8 Å². The Morgan fingerprint density at radius 3 is 2.57 bits per heavy atom. The van der Waals surface area contributed by atoms with Gasteiger partial charge in [-0.15, -0.1) is 0 Å². The number of hydrogen-bond acceptors (Lipinski definition) is 4. The van der Waals surface area contributed by atoms with Crippen LogP contribution in [0.25, 0.3) is 0 Å². The third-order valence-electron chi connectivity index (χ3n) is 2.61. The zero-order chi connectivity index (χ0) is 15.6. The summed E-state index contributed by atoms with van der Waals surface area (Å²) in [5.41, 5.74) is -0.150. The number of benzene rings is 1. The molecule has 0 aliphatic rings. The van der Waals surface area contributed by atoms with Crippen molar-refractivity contribution in [1.82, 2.24) is 9.97 Å². The lowest BCUT2D eigenvalue weighted by Crippen LogP contribution is -2.08. The van der Waals surface area contributed by atoms with Crippen LogP contribution in [0.4, 0.5) is 0 Å². The summed E-state index contributed by atoms with van der Waals surface area (Å²) in [7, 11) is 0. The Labute approximate surface area is 138 Å². The van der Waals surface area contributed by atoms with E-state index in [2.05, 4.69) is 41.8 Å². The Balaban J connectivity index is 2.41. The molecule has 1 aromatic heterocycles. The number of carboxylic acid groups (broad SMARTS) is 1. The number of carbonyl (C=O) groups is 1. The maximum Gasteiger partial charge on any atom is 0.358 e. The van der Waals surface area contributed by atoms with Gasteiger partial charge in [0, 0.05) is 10.4 Å². The second kappa shape index (κ2) is 6.53. The number of halogens is 2. The molecule has 0 fully saturated rings. The van der Waals surface area contributed by atoms with Gasteiger partial charge in [0.25, 0.3) is 0 Å². The Morgan fingerprint density at radius 2 is 2.00 bits per heavy atom. The SMILES string of the molecule is CC(C)c1ncc(Oc2ccc(Br)cc2Br)c(C(=O)O)n1. The lowest BCUT2D eigenvalue weighted by Gasteiger charge is -2.11. The van der Waals surface area contributed by atoms with Crippen molar-refractivity contribution in [3.05, 3.63) is 44.9 Å². The topological polar surface area (TPSA) is 72.3 Å². The van der Waals surface area contributed by atoms with Crippen molar-refractivity contribution in [3.8, 4) is 11.5 Å². The van der Waals surface area contributed by atoms with E-state index >= 15 is 0 Å². The molecule has 2 aromatic rings. The van der Waals surface area contributed by atoms with E-state index in [1.54, 1.807) is 18.2 Å². The van der Waals surface area contributed by atoms with Gasteiger partial charge in [0.1, 0.15) is 11.6 Å². The number of aromatic nitrogens is 2. The molecule has 1 heterocycles. The van der Waals surface area contributed by atoms with Gasteiger partial charge in [-0.1, -0.05) is 29.8 Å². The van der Waals surface area contributed by atoms with Gasteiger partial charge in [-0.05, 0) is 34.1 Å². The maximum atomic E-state index is 11.3. The van der Waals surface area contributed by atoms with Gasteiger partial charge in [-0.25, -0.2) is 14.8 Å². The molecule has 0 saturated heterocycles. The molecule has 0 radical (unpaired) electrons. The predicted octanol–water partition coefficient (Wildman–Crippen LogP) is 4.62. The number of nitrogens with zero attached hydrogens (tertiary/aromatic N) is 2. The summed E-state index contributed by atoms with van der Waals surface area (Å²) in [4.78, 5) is 19.5. The molecule has 0 unspecified atom stereocenters. The number of hydrogen-bond donors (Lipinski definition) is 1. The van der Waals surface area contributed by atoms with Gasteiger partial charge in [0.05, 0.1) is 10.7 Å². The maximum absolute atomic E-state index is 11.3. The van der Waals surface area contributed by atoms with Crippen LogP contribution < -0.4 is 4.74 Å². The highest BCUT2D eigenvalue weighted by atomic mass is 79.9. The Kier molecular flexibility index (Phi) is 4.95. The van der Waals surface area contributed by atoms with E-state index in [1.807, 2.05) is 13.8 Å². The average Bonchev–Trinajstić information content (AvgIpc) is 2.41. The van der Waals surface area contributed by atoms with Crippen molar-refractivity contribution in [2.24, 2.45) is 0 Å². The van der Waals surface area contributed by atoms with Crippen molar-refractivity contribution >= 4 is 37.8 Å². The number of ether oxygens (including phenoxy) is 1. The summed E-state index contributed by atoms with van der Waals surface area (Å²) in [5.74, 6) is -0.0507. The van der Waals surface area contributed by atoms with Gasteiger partial charge >= 0.3 is 5.97 Å². The fraction of sp³-hybridized carbons (Fsp3) is 0.214. The van der Waals surface area contributed by atoms with Crippen LogP contribution in [0.2, 0.25) is 0 Å². The highest BCUT2D eigenvalue weighted by Gasteiger charge is 2.18. The van der Waals surface area contributed by atoms with Gasteiger partial charge < -0.3 is 9.84 Å². The molecule has 0 bridgehead atoms. The Bertz CT molecular complexity index is 690. The molecule has 21 heavy (non-hydrogen) atoms. The highest BCUT2D eigenvalue weighted by Crippen LogP contribution is 2.33. The fourth-order valence-corrected chi connectivity index (χ4v) is 2.69. The lowest BCUT2D eigenvalue weighted by molar-refractivity contribution is 0.0686. The van der Waals surface area contributed by atoms with E-state index in [-0.39, 0.29) is 17.4 Å². The van der Waals surface area contributed by atoms with Crippen LogP contribution in [-0.2, 0) is 0 Å². The van der Waals surface area contributed by atoms with E-state index < -0.39 is 5.97 Å². The zero-order valence-electron chi connectivity index (χ0n) is 11.3. The van der Waals surface area contributed by atoms with Gasteiger partial charge in [0.15, 0.2) is 11.4 Å². The first-order valence-electron chi connectivity index (χ1n) is 6.11. The summed E-state index contributed by atoms with van der Waals surface area (Å²) >= 11 is 6.70. The van der Waals surface area contributed by atoms with E-state index in [9.17, 15) is 9.90 Å². The smallest absolute Gasteiger partial charge is 0.358 e. The van der Waals surface area contributed by atoms with Crippen LogP contribution >= 0.6 is 31.9 Å². The summed E-state index contributed by atoms with van der Waals surface area (Å²) in [5, 5.41) is 9.27. The molecule has 7 heteroatoms. The van der Waals surface area contributed by atoms with Crippen molar-refractivity contribution in [3.63, 3.8) is 0 Å². The minimum absolute atomic E-state index is 0.0385. The second-order valence-electron chi connectivity index (χ2n) is 4.58. The monoisotopic (exact) mass is 414 g/mol. The lowest BCUT2D eigenvalue weighted by atomic mass is 10.2. The molecule has 110 valence electrons. The second-order valence-corrected chi connectivity index (χ2v) is 6.35. The molecular formula is C14H12Br2N2O3. The molecule has 0 amide bonds. The molecule has 2 rings (SSSR count). The van der Waals surface area contributed by atoms with Crippen LogP contribution in [0, 0.1) is 0 Å². The molecule has 0 atom stereocenters. The van der Waals surface area contributed by atoms with Crippen LogP contribution in [0.5, 0.6) is 11.5 Å². The fourth-order valence-electron chi connectivity index (χ4n) is 1.57. The molecule has 0 aliphatic carbocycles. The van der Waals surface area contributed by atoms with Crippen LogP contribution in [0.15, 0.2) is 33.3 Å². The third kappa shape index (κ3) is 3.79. The van der Waals surface area contributed by atoms with Crippen molar-refractivity contribution in [1.29, 1.82) is 0 Å². The summed E-state index contributed by atoms with van der Waals surface area (Å²) in [6.07, 6.45) is 1.39. The predicted molar refractivity (Wildman–Crippen MR) is 85.0 cm³/mol. The molecule has 1 N–H and O–H groups in total.